The highest BCUT2D eigenvalue weighted by Gasteiger charge is 1.98. The Morgan fingerprint density at radius 3 is 2.00 bits per heavy atom. The molecular formula is C4H9BO. The summed E-state index contributed by atoms with van der Waals surface area (Å²) in [5.74, 6) is 0. The summed E-state index contributed by atoms with van der Waals surface area (Å²) in [4.78, 5) is 0. The molecule has 0 aromatic heterocycles. The fourth-order valence-electron chi connectivity index (χ4n) is 0. The van der Waals surface area contributed by atoms with Crippen LogP contribution in [0.2, 0.25) is 6.82 Å². The largest absolute Gasteiger partial charge is 0.447 e. The van der Waals surface area contributed by atoms with Crippen molar-refractivity contribution in [1.82, 2.24) is 0 Å². The maximum absolute atomic E-state index is 8.53. The first kappa shape index (κ1) is 5.76. The molecule has 0 aliphatic carbocycles. The standard InChI is InChI=1S/C4H9BO/c1-4(2)5(3)6/h6H,1H2,2-3H3. The van der Waals surface area contributed by atoms with Crippen LogP contribution in [0.5, 0.6) is 0 Å². The van der Waals surface area contributed by atoms with Gasteiger partial charge >= 0.3 is 6.92 Å². The second kappa shape index (κ2) is 2.03. The Labute approximate surface area is 38.8 Å². The maximum Gasteiger partial charge on any atom is 0.315 e. The van der Waals surface area contributed by atoms with Crippen molar-refractivity contribution < 1.29 is 5.02 Å². The Balaban J connectivity index is 3.26. The molecule has 0 radical (unpaired) electrons. The van der Waals surface area contributed by atoms with Crippen LogP contribution < -0.4 is 0 Å². The van der Waals surface area contributed by atoms with Crippen molar-refractivity contribution >= 4 is 6.92 Å². The highest BCUT2D eigenvalue weighted by Crippen LogP contribution is 1.87. The van der Waals surface area contributed by atoms with Crippen LogP contribution in [0.1, 0.15) is 6.92 Å². The van der Waals surface area contributed by atoms with Gasteiger partial charge in [0.2, 0.25) is 0 Å². The van der Waals surface area contributed by atoms with E-state index in [0.717, 1.165) is 5.47 Å². The summed E-state index contributed by atoms with van der Waals surface area (Å²) in [5.41, 5.74) is 0.815. The van der Waals surface area contributed by atoms with E-state index in [1.807, 2.05) is 0 Å². The predicted molar refractivity (Wildman–Crippen MR) is 28.7 cm³/mol. The molecule has 0 aliphatic heterocycles. The fraction of sp³-hybridized carbons (Fsp3) is 0.500. The minimum atomic E-state index is -0.343. The zero-order valence-corrected chi connectivity index (χ0v) is 4.23. The van der Waals surface area contributed by atoms with E-state index in [0.29, 0.717) is 0 Å². The summed E-state index contributed by atoms with van der Waals surface area (Å²) in [5, 5.41) is 8.53. The lowest BCUT2D eigenvalue weighted by Crippen LogP contribution is -2.05. The summed E-state index contributed by atoms with van der Waals surface area (Å²) in [7, 11) is 0. The molecule has 2 heteroatoms. The lowest BCUT2D eigenvalue weighted by atomic mass is 9.65. The first-order chi connectivity index (χ1) is 2.64. The van der Waals surface area contributed by atoms with Gasteiger partial charge in [0.25, 0.3) is 0 Å². The van der Waals surface area contributed by atoms with Crippen molar-refractivity contribution in [3.05, 3.63) is 12.1 Å². The van der Waals surface area contributed by atoms with Crippen LogP contribution in [0.4, 0.5) is 0 Å². The first-order valence-electron chi connectivity index (χ1n) is 1.98. The first-order valence-corrected chi connectivity index (χ1v) is 1.98. The van der Waals surface area contributed by atoms with E-state index in [1.165, 1.54) is 0 Å². The van der Waals surface area contributed by atoms with Gasteiger partial charge in [0, 0.05) is 0 Å². The van der Waals surface area contributed by atoms with E-state index in [1.54, 1.807) is 13.7 Å². The summed E-state index contributed by atoms with van der Waals surface area (Å²) < 4.78 is 0. The van der Waals surface area contributed by atoms with E-state index in [-0.39, 0.29) is 6.92 Å². The Morgan fingerprint density at radius 2 is 2.00 bits per heavy atom. The van der Waals surface area contributed by atoms with Crippen LogP contribution >= 0.6 is 0 Å². The van der Waals surface area contributed by atoms with Gasteiger partial charge in [0.1, 0.15) is 0 Å². The molecule has 0 aromatic rings. The molecule has 0 aromatic carbocycles. The van der Waals surface area contributed by atoms with E-state index in [4.69, 9.17) is 5.02 Å². The van der Waals surface area contributed by atoms with Gasteiger partial charge in [0.05, 0.1) is 0 Å². The highest BCUT2D eigenvalue weighted by atomic mass is 16.2. The average molecular weight is 83.9 g/mol. The third-order valence-electron chi connectivity index (χ3n) is 0.713. The summed E-state index contributed by atoms with van der Waals surface area (Å²) in [6, 6.07) is 0. The molecule has 34 valence electrons. The number of hydrogen-bond acceptors (Lipinski definition) is 1. The number of rotatable bonds is 1. The van der Waals surface area contributed by atoms with Crippen LogP contribution in [0.3, 0.4) is 0 Å². The van der Waals surface area contributed by atoms with Crippen molar-refractivity contribution in [2.75, 3.05) is 0 Å². The minimum absolute atomic E-state index is 0.343. The van der Waals surface area contributed by atoms with Gasteiger partial charge < -0.3 is 5.02 Å². The molecule has 0 heterocycles. The zero-order valence-electron chi connectivity index (χ0n) is 4.23. The molecule has 1 N–H and O–H groups in total. The monoisotopic (exact) mass is 84.1 g/mol. The molecule has 0 saturated carbocycles. The molecule has 0 bridgehead atoms. The lowest BCUT2D eigenvalue weighted by molar-refractivity contribution is 0.588. The van der Waals surface area contributed by atoms with Gasteiger partial charge in [-0.2, -0.15) is 0 Å². The third kappa shape index (κ3) is 2.03. The maximum atomic E-state index is 8.53. The van der Waals surface area contributed by atoms with E-state index < -0.39 is 0 Å². The molecule has 0 unspecified atom stereocenters. The van der Waals surface area contributed by atoms with Crippen molar-refractivity contribution in [3.8, 4) is 0 Å². The normalized spacial score (nSPS) is 7.83. The molecule has 6 heavy (non-hydrogen) atoms. The Morgan fingerprint density at radius 1 is 1.83 bits per heavy atom. The molecule has 0 rings (SSSR count). The second-order valence-corrected chi connectivity index (χ2v) is 1.52. The van der Waals surface area contributed by atoms with Crippen LogP contribution in [-0.4, -0.2) is 11.9 Å². The van der Waals surface area contributed by atoms with Gasteiger partial charge in [-0.05, 0) is 6.92 Å². The number of hydrogen-bond donors (Lipinski definition) is 1. The highest BCUT2D eigenvalue weighted by molar-refractivity contribution is 6.57. The summed E-state index contributed by atoms with van der Waals surface area (Å²) in [6.45, 7) is 6.66. The van der Waals surface area contributed by atoms with Crippen molar-refractivity contribution in [2.24, 2.45) is 0 Å². The van der Waals surface area contributed by atoms with Crippen molar-refractivity contribution in [1.29, 1.82) is 0 Å². The number of allylic oxidation sites excluding steroid dienone is 1. The predicted octanol–water partition coefficient (Wildman–Crippen LogP) is 0.715. The SMILES string of the molecule is C=C(C)B(C)O. The van der Waals surface area contributed by atoms with Crippen molar-refractivity contribution in [3.63, 3.8) is 0 Å². The Kier molecular flexibility index (Phi) is 1.95. The van der Waals surface area contributed by atoms with E-state index in [2.05, 4.69) is 6.58 Å². The van der Waals surface area contributed by atoms with E-state index in [9.17, 15) is 0 Å². The summed E-state index contributed by atoms with van der Waals surface area (Å²) in [6.07, 6.45) is 0. The van der Waals surface area contributed by atoms with Gasteiger partial charge in [-0.15, -0.1) is 6.58 Å². The van der Waals surface area contributed by atoms with Crippen LogP contribution in [0.25, 0.3) is 0 Å². The fourth-order valence-corrected chi connectivity index (χ4v) is 0. The zero-order chi connectivity index (χ0) is 5.15. The van der Waals surface area contributed by atoms with Gasteiger partial charge in [-0.3, -0.25) is 0 Å². The quantitative estimate of drug-likeness (QED) is 0.464. The van der Waals surface area contributed by atoms with Crippen LogP contribution in [0, 0.1) is 0 Å². The topological polar surface area (TPSA) is 20.2 Å². The summed E-state index contributed by atoms with van der Waals surface area (Å²) >= 11 is 0. The lowest BCUT2D eigenvalue weighted by Gasteiger charge is -1.90. The molecule has 0 aliphatic rings. The molecule has 0 saturated heterocycles. The van der Waals surface area contributed by atoms with Crippen molar-refractivity contribution in [2.45, 2.75) is 13.7 Å². The Bertz CT molecular complexity index is 58.6. The van der Waals surface area contributed by atoms with Crippen LogP contribution in [-0.2, 0) is 0 Å². The molecule has 0 amide bonds. The third-order valence-corrected chi connectivity index (χ3v) is 0.713. The van der Waals surface area contributed by atoms with E-state index >= 15 is 0 Å². The van der Waals surface area contributed by atoms with Gasteiger partial charge in [-0.1, -0.05) is 12.3 Å². The second-order valence-electron chi connectivity index (χ2n) is 1.52. The van der Waals surface area contributed by atoms with Crippen LogP contribution in [0.15, 0.2) is 12.1 Å². The van der Waals surface area contributed by atoms with Gasteiger partial charge in [0.15, 0.2) is 0 Å². The molecule has 1 nitrogen and oxygen atoms in total. The molecule has 0 spiro atoms. The molecule has 0 atom stereocenters. The van der Waals surface area contributed by atoms with Gasteiger partial charge in [-0.25, -0.2) is 0 Å². The smallest absolute Gasteiger partial charge is 0.315 e. The molecular weight excluding hydrogens is 74.9 g/mol. The molecule has 0 fully saturated rings. The average Bonchev–Trinajstić information content (AvgIpc) is 1.36. The Hall–Kier alpha value is -0.235. The minimum Gasteiger partial charge on any atom is -0.447 e.